The van der Waals surface area contributed by atoms with Crippen LogP contribution in [-0.2, 0) is 14.3 Å². The predicted octanol–water partition coefficient (Wildman–Crippen LogP) is 13.6. The lowest BCUT2D eigenvalue weighted by molar-refractivity contribution is -0.139. The summed E-state index contributed by atoms with van der Waals surface area (Å²) in [5.41, 5.74) is 5.97. The van der Waals surface area contributed by atoms with Crippen molar-refractivity contribution in [2.24, 2.45) is 5.73 Å². The average Bonchev–Trinajstić information content (AvgIpc) is 3.08. The van der Waals surface area contributed by atoms with Crippen molar-refractivity contribution in [3.8, 4) is 0 Å². The van der Waals surface area contributed by atoms with Crippen molar-refractivity contribution >= 4 is 11.9 Å². The van der Waals surface area contributed by atoms with E-state index in [0.29, 0.717) is 12.2 Å². The van der Waals surface area contributed by atoms with Crippen LogP contribution in [0.5, 0.6) is 0 Å². The minimum Gasteiger partial charge on any atom is -0.478 e. The predicted molar refractivity (Wildman–Crippen MR) is 212 cm³/mol. The van der Waals surface area contributed by atoms with Gasteiger partial charge in [-0.05, 0) is 52.0 Å². The zero-order valence-corrected chi connectivity index (χ0v) is 32.5. The normalized spacial score (nSPS) is 10.6. The molecule has 0 amide bonds. The summed E-state index contributed by atoms with van der Waals surface area (Å²) in [5, 5.41) is 7.60. The lowest BCUT2D eigenvalue weighted by Crippen LogP contribution is -2.05. The molecule has 0 aromatic rings. The van der Waals surface area contributed by atoms with Gasteiger partial charge in [-0.15, -0.1) is 0 Å². The molecule has 0 saturated carbocycles. The number of unbranched alkanes of at least 4 members (excludes halogenated alkanes) is 27. The van der Waals surface area contributed by atoms with Gasteiger partial charge in [0.2, 0.25) is 0 Å². The second kappa shape index (κ2) is 47.2. The van der Waals surface area contributed by atoms with Crippen molar-refractivity contribution in [1.82, 2.24) is 0 Å². The second-order valence-corrected chi connectivity index (χ2v) is 13.5. The molecule has 0 atom stereocenters. The summed E-state index contributed by atoms with van der Waals surface area (Å²) >= 11 is 0. The quantitative estimate of drug-likeness (QED) is 0.0306. The van der Waals surface area contributed by atoms with E-state index in [0.717, 1.165) is 19.0 Å². The molecule has 0 aliphatic rings. The van der Waals surface area contributed by atoms with Crippen molar-refractivity contribution in [1.29, 1.82) is 0 Å². The van der Waals surface area contributed by atoms with Crippen LogP contribution in [0.2, 0.25) is 0 Å². The van der Waals surface area contributed by atoms with E-state index in [1.54, 1.807) is 6.92 Å². The van der Waals surface area contributed by atoms with Gasteiger partial charge >= 0.3 is 11.9 Å². The largest absolute Gasteiger partial charge is 0.478 e. The third kappa shape index (κ3) is 53.6. The van der Waals surface area contributed by atoms with Gasteiger partial charge in [0.25, 0.3) is 0 Å². The summed E-state index contributed by atoms with van der Waals surface area (Å²) in [7, 11) is 0. The molecule has 0 aliphatic heterocycles. The Morgan fingerprint density at radius 3 is 1.15 bits per heavy atom. The van der Waals surface area contributed by atoms with E-state index >= 15 is 0 Å². The molecule has 0 aromatic carbocycles. The van der Waals surface area contributed by atoms with Crippen molar-refractivity contribution in [3.63, 3.8) is 0 Å². The number of carbonyl (C=O) groups excluding carboxylic acids is 1. The fourth-order valence-electron chi connectivity index (χ4n) is 5.33. The van der Waals surface area contributed by atoms with Crippen molar-refractivity contribution in [2.75, 3.05) is 13.2 Å². The van der Waals surface area contributed by atoms with E-state index < -0.39 is 5.97 Å². The van der Waals surface area contributed by atoms with Gasteiger partial charge in [0, 0.05) is 11.6 Å². The van der Waals surface area contributed by atoms with Gasteiger partial charge in [-0.3, -0.25) is 0 Å². The number of aliphatic carboxylic acids is 1. The van der Waals surface area contributed by atoms with Gasteiger partial charge in [-0.2, -0.15) is 0 Å². The van der Waals surface area contributed by atoms with E-state index in [1.165, 1.54) is 186 Å². The Kier molecular flexibility index (Phi) is 49.7. The summed E-state index contributed by atoms with van der Waals surface area (Å²) in [4.78, 5) is 20.4. The Balaban J connectivity index is -0.000000752. The zero-order chi connectivity index (χ0) is 36.2. The van der Waals surface area contributed by atoms with E-state index in [1.807, 2.05) is 0 Å². The molecule has 0 saturated heterocycles. The van der Waals surface area contributed by atoms with Gasteiger partial charge in [0.05, 0.1) is 6.61 Å². The molecule has 284 valence electrons. The third-order valence-corrected chi connectivity index (χ3v) is 8.47. The highest BCUT2D eigenvalue weighted by Gasteiger charge is 2.01. The summed E-state index contributed by atoms with van der Waals surface area (Å²) in [6.45, 7) is 14.2. The monoisotopic (exact) mass is 678 g/mol. The van der Waals surface area contributed by atoms with Crippen LogP contribution >= 0.6 is 0 Å². The first kappa shape index (κ1) is 50.5. The maximum Gasteiger partial charge on any atom is 0.333 e. The van der Waals surface area contributed by atoms with Crippen LogP contribution in [0, 0.1) is 0 Å². The topological polar surface area (TPSA) is 89.6 Å². The smallest absolute Gasteiger partial charge is 0.333 e. The molecule has 3 N–H and O–H groups in total. The minimum atomic E-state index is -0.981. The number of nitrogens with two attached hydrogens (primary N) is 1. The fourth-order valence-corrected chi connectivity index (χ4v) is 5.33. The Morgan fingerprint density at radius 1 is 0.562 bits per heavy atom. The lowest BCUT2D eigenvalue weighted by atomic mass is 10.0. The maximum atomic E-state index is 11.2. The first-order valence-electron chi connectivity index (χ1n) is 20.4. The standard InChI is InChI=1S/C22H42O2.C18H37N.C3H4O2/c1-4-5-6-7-8-9-10-11-12-13-14-15-16-17-18-19-20-24-22(23)21(2)3;1-2-3-4-5-6-7-8-9-10-11-12-13-14-15-16-17-18-19;1-2-3(4)5/h2,4-20H2,1,3H3;9-10H,2-8,11-19H2,1H3;2H,1H2,(H,4,5)/b;10-9-;. The highest BCUT2D eigenvalue weighted by molar-refractivity contribution is 5.86. The van der Waals surface area contributed by atoms with E-state index in [-0.39, 0.29) is 5.97 Å². The average molecular weight is 678 g/mol. The van der Waals surface area contributed by atoms with Crippen LogP contribution in [0.25, 0.3) is 0 Å². The second-order valence-electron chi connectivity index (χ2n) is 13.5. The molecular weight excluding hydrogens is 594 g/mol. The number of ether oxygens (including phenoxy) is 1. The summed E-state index contributed by atoms with van der Waals surface area (Å²) < 4.78 is 5.08. The Hall–Kier alpha value is -1.88. The molecule has 0 aliphatic carbocycles. The third-order valence-electron chi connectivity index (χ3n) is 8.47. The molecule has 0 heterocycles. The van der Waals surface area contributed by atoms with E-state index in [4.69, 9.17) is 15.6 Å². The summed E-state index contributed by atoms with van der Waals surface area (Å²) in [6.07, 6.45) is 46.5. The van der Waals surface area contributed by atoms with Crippen LogP contribution in [0.15, 0.2) is 37.0 Å². The molecule has 0 bridgehead atoms. The Bertz CT molecular complexity index is 703. The molecule has 0 radical (unpaired) electrons. The van der Waals surface area contributed by atoms with Crippen molar-refractivity contribution in [3.05, 3.63) is 37.0 Å². The summed E-state index contributed by atoms with van der Waals surface area (Å²) in [5.74, 6) is -1.24. The van der Waals surface area contributed by atoms with Crippen LogP contribution in [0.1, 0.15) is 213 Å². The molecule has 5 heteroatoms. The molecular formula is C43H83NO4. The van der Waals surface area contributed by atoms with Gasteiger partial charge in [0.1, 0.15) is 0 Å². The van der Waals surface area contributed by atoms with Crippen LogP contribution in [-0.4, -0.2) is 30.2 Å². The SMILES string of the molecule is C=C(C)C(=O)OCCCCCCCCCCCCCCCCCC.C=CC(=O)O.CCCCCCCC/C=C\CCCCCCCCN. The molecule has 0 rings (SSSR count). The maximum absolute atomic E-state index is 11.2. The van der Waals surface area contributed by atoms with Crippen molar-refractivity contribution in [2.45, 2.75) is 213 Å². The molecule has 0 fully saturated rings. The van der Waals surface area contributed by atoms with Gasteiger partial charge < -0.3 is 15.6 Å². The molecule has 0 unspecified atom stereocenters. The first-order chi connectivity index (χ1) is 23.4. The number of allylic oxidation sites excluding steroid dienone is 2. The first-order valence-corrected chi connectivity index (χ1v) is 20.4. The fraction of sp³-hybridized carbons (Fsp3) is 0.814. The lowest BCUT2D eigenvalue weighted by Gasteiger charge is -2.05. The number of carbonyl (C=O) groups is 2. The Morgan fingerprint density at radius 2 is 0.854 bits per heavy atom. The molecule has 0 spiro atoms. The number of hydrogen-bond donors (Lipinski definition) is 2. The van der Waals surface area contributed by atoms with E-state index in [2.05, 4.69) is 39.2 Å². The minimum absolute atomic E-state index is 0.254. The summed E-state index contributed by atoms with van der Waals surface area (Å²) in [6, 6.07) is 0. The van der Waals surface area contributed by atoms with E-state index in [9.17, 15) is 9.59 Å². The highest BCUT2D eigenvalue weighted by Crippen LogP contribution is 2.14. The van der Waals surface area contributed by atoms with Gasteiger partial charge in [-0.1, -0.05) is 193 Å². The zero-order valence-electron chi connectivity index (χ0n) is 32.5. The highest BCUT2D eigenvalue weighted by atomic mass is 16.5. The number of hydrogen-bond acceptors (Lipinski definition) is 4. The van der Waals surface area contributed by atoms with Crippen LogP contribution in [0.3, 0.4) is 0 Å². The van der Waals surface area contributed by atoms with Gasteiger partial charge in [-0.25, -0.2) is 9.59 Å². The van der Waals surface area contributed by atoms with Crippen LogP contribution < -0.4 is 5.73 Å². The Labute approximate surface area is 300 Å². The van der Waals surface area contributed by atoms with Gasteiger partial charge in [0.15, 0.2) is 0 Å². The number of rotatable bonds is 34. The van der Waals surface area contributed by atoms with Crippen LogP contribution in [0.4, 0.5) is 0 Å². The number of carboxylic acid groups (broad SMARTS) is 1. The molecule has 0 aromatic heterocycles. The number of carboxylic acids is 1. The number of esters is 1. The van der Waals surface area contributed by atoms with Crippen molar-refractivity contribution < 1.29 is 19.4 Å². The molecule has 48 heavy (non-hydrogen) atoms. The molecule has 5 nitrogen and oxygen atoms in total.